The quantitative estimate of drug-likeness (QED) is 0.258. The van der Waals surface area contributed by atoms with E-state index in [0.29, 0.717) is 6.61 Å². The Morgan fingerprint density at radius 1 is 1.56 bits per heavy atom. The van der Waals surface area contributed by atoms with Crippen LogP contribution in [0.4, 0.5) is 0 Å². The zero-order valence-corrected chi connectivity index (χ0v) is 11.0. The Hall–Kier alpha value is -1.10. The molecular weight excluding hydrogens is 272 g/mol. The Balaban J connectivity index is 0.00000225. The topological polar surface area (TPSA) is 35.1 Å². The monoisotopic (exact) mass is 288 g/mol. The van der Waals surface area contributed by atoms with E-state index < -0.39 is 0 Å². The molecule has 90 valence electrons. The van der Waals surface area contributed by atoms with Crippen LogP contribution in [0.2, 0.25) is 0 Å². The second kappa shape index (κ2) is 8.10. The molecule has 0 atom stereocenters. The minimum absolute atomic E-state index is 0. The van der Waals surface area contributed by atoms with Gasteiger partial charge in [0.05, 0.1) is 20.2 Å². The SMILES string of the molecule is C=CC(=O)OCCCCn1cc[n+](C)c1.[Br-]. The smallest absolute Gasteiger partial charge is 0.330 e. The lowest BCUT2D eigenvalue weighted by atomic mass is 10.3. The summed E-state index contributed by atoms with van der Waals surface area (Å²) >= 11 is 0. The Kier molecular flexibility index (Phi) is 7.54. The molecule has 0 spiro atoms. The molecule has 0 N–H and O–H groups in total. The number of halogens is 1. The summed E-state index contributed by atoms with van der Waals surface area (Å²) in [6.45, 7) is 4.75. The van der Waals surface area contributed by atoms with E-state index in [1.165, 1.54) is 6.08 Å². The highest BCUT2D eigenvalue weighted by molar-refractivity contribution is 5.81. The molecule has 1 heterocycles. The summed E-state index contributed by atoms with van der Waals surface area (Å²) in [5.41, 5.74) is 0. The van der Waals surface area contributed by atoms with E-state index in [-0.39, 0.29) is 23.0 Å². The van der Waals surface area contributed by atoms with Crippen molar-refractivity contribution < 1.29 is 31.1 Å². The number of nitrogens with zero attached hydrogens (tertiary/aromatic N) is 2. The molecule has 5 heteroatoms. The molecule has 0 saturated heterocycles. The first kappa shape index (κ1) is 14.9. The van der Waals surface area contributed by atoms with Gasteiger partial charge in [0, 0.05) is 6.08 Å². The Labute approximate surface area is 106 Å². The number of esters is 1. The fourth-order valence-electron chi connectivity index (χ4n) is 1.26. The van der Waals surface area contributed by atoms with Gasteiger partial charge in [-0.05, 0) is 12.8 Å². The largest absolute Gasteiger partial charge is 1.00 e. The maximum Gasteiger partial charge on any atom is 0.330 e. The summed E-state index contributed by atoms with van der Waals surface area (Å²) in [6, 6.07) is 0. The summed E-state index contributed by atoms with van der Waals surface area (Å²) < 4.78 is 8.97. The van der Waals surface area contributed by atoms with Crippen LogP contribution in [-0.2, 0) is 23.1 Å². The first-order chi connectivity index (χ1) is 7.22. The fraction of sp³-hybridized carbons (Fsp3) is 0.455. The van der Waals surface area contributed by atoms with E-state index in [0.717, 1.165) is 19.4 Å². The first-order valence-electron chi connectivity index (χ1n) is 5.02. The van der Waals surface area contributed by atoms with Crippen LogP contribution in [0.5, 0.6) is 0 Å². The lowest BCUT2D eigenvalue weighted by molar-refractivity contribution is -0.671. The minimum atomic E-state index is -0.345. The average Bonchev–Trinajstić information content (AvgIpc) is 2.63. The molecule has 0 bridgehead atoms. The molecule has 0 amide bonds. The Morgan fingerprint density at radius 2 is 2.31 bits per heavy atom. The van der Waals surface area contributed by atoms with Gasteiger partial charge >= 0.3 is 5.97 Å². The lowest BCUT2D eigenvalue weighted by Crippen LogP contribution is -3.00. The second-order valence-electron chi connectivity index (χ2n) is 3.40. The number of carbonyl (C=O) groups excluding carboxylic acids is 1. The second-order valence-corrected chi connectivity index (χ2v) is 3.40. The molecule has 0 fully saturated rings. The summed E-state index contributed by atoms with van der Waals surface area (Å²) in [6.07, 6.45) is 9.11. The molecule has 0 aliphatic heterocycles. The summed E-state index contributed by atoms with van der Waals surface area (Å²) in [7, 11) is 1.99. The molecule has 1 rings (SSSR count). The number of unbranched alkanes of at least 4 members (excludes halogenated alkanes) is 1. The van der Waals surface area contributed by atoms with Crippen LogP contribution < -0.4 is 21.5 Å². The third kappa shape index (κ3) is 5.70. The van der Waals surface area contributed by atoms with Gasteiger partial charge < -0.3 is 21.7 Å². The molecule has 0 aliphatic rings. The third-order valence-electron chi connectivity index (χ3n) is 2.05. The van der Waals surface area contributed by atoms with E-state index in [1.807, 2.05) is 30.3 Å². The van der Waals surface area contributed by atoms with Crippen LogP contribution in [-0.4, -0.2) is 17.1 Å². The van der Waals surface area contributed by atoms with Gasteiger partial charge in [-0.25, -0.2) is 13.9 Å². The van der Waals surface area contributed by atoms with E-state index in [9.17, 15) is 4.79 Å². The van der Waals surface area contributed by atoms with Crippen molar-refractivity contribution >= 4 is 5.97 Å². The molecule has 0 aromatic carbocycles. The summed E-state index contributed by atoms with van der Waals surface area (Å²) in [4.78, 5) is 10.7. The van der Waals surface area contributed by atoms with Gasteiger partial charge in [0.2, 0.25) is 6.33 Å². The number of ether oxygens (including phenoxy) is 1. The van der Waals surface area contributed by atoms with Crippen LogP contribution in [0.1, 0.15) is 12.8 Å². The van der Waals surface area contributed by atoms with Crippen molar-refractivity contribution in [2.24, 2.45) is 7.05 Å². The van der Waals surface area contributed by atoms with Gasteiger partial charge in [-0.15, -0.1) is 0 Å². The van der Waals surface area contributed by atoms with Crippen LogP contribution >= 0.6 is 0 Å². The molecule has 0 saturated carbocycles. The first-order valence-corrected chi connectivity index (χ1v) is 5.02. The molecular formula is C11H17BrN2O2. The molecule has 1 aromatic rings. The highest BCUT2D eigenvalue weighted by Crippen LogP contribution is 1.95. The van der Waals surface area contributed by atoms with E-state index in [4.69, 9.17) is 4.74 Å². The highest BCUT2D eigenvalue weighted by Gasteiger charge is 2.00. The molecule has 0 radical (unpaired) electrons. The number of aryl methyl sites for hydroxylation is 2. The summed E-state index contributed by atoms with van der Waals surface area (Å²) in [5.74, 6) is -0.345. The molecule has 4 nitrogen and oxygen atoms in total. The number of rotatable bonds is 6. The fourth-order valence-corrected chi connectivity index (χ4v) is 1.26. The Bertz CT molecular complexity index is 336. The van der Waals surface area contributed by atoms with Crippen LogP contribution in [0.3, 0.4) is 0 Å². The number of hydrogen-bond donors (Lipinski definition) is 0. The predicted molar refractivity (Wildman–Crippen MR) is 56.0 cm³/mol. The zero-order chi connectivity index (χ0) is 11.1. The highest BCUT2D eigenvalue weighted by atomic mass is 79.9. The van der Waals surface area contributed by atoms with Crippen LogP contribution in [0, 0.1) is 0 Å². The van der Waals surface area contributed by atoms with Gasteiger partial charge in [0.25, 0.3) is 0 Å². The maximum atomic E-state index is 10.7. The van der Waals surface area contributed by atoms with Gasteiger partial charge in [-0.3, -0.25) is 0 Å². The van der Waals surface area contributed by atoms with Gasteiger partial charge in [0.15, 0.2) is 0 Å². The predicted octanol–water partition coefficient (Wildman–Crippen LogP) is -2.17. The molecule has 0 aliphatic carbocycles. The number of carbonyl (C=O) groups is 1. The van der Waals surface area contributed by atoms with E-state index in [1.54, 1.807) is 0 Å². The van der Waals surface area contributed by atoms with Gasteiger partial charge in [-0.1, -0.05) is 6.58 Å². The van der Waals surface area contributed by atoms with Crippen molar-refractivity contribution in [3.63, 3.8) is 0 Å². The normalized spacial score (nSPS) is 9.31. The van der Waals surface area contributed by atoms with Crippen molar-refractivity contribution in [2.75, 3.05) is 6.61 Å². The van der Waals surface area contributed by atoms with Crippen molar-refractivity contribution in [3.8, 4) is 0 Å². The average molecular weight is 289 g/mol. The van der Waals surface area contributed by atoms with E-state index in [2.05, 4.69) is 11.1 Å². The van der Waals surface area contributed by atoms with Crippen molar-refractivity contribution in [1.29, 1.82) is 0 Å². The molecule has 16 heavy (non-hydrogen) atoms. The zero-order valence-electron chi connectivity index (χ0n) is 9.43. The lowest BCUT2D eigenvalue weighted by Gasteiger charge is -2.00. The van der Waals surface area contributed by atoms with Crippen molar-refractivity contribution in [3.05, 3.63) is 31.4 Å². The number of hydrogen-bond acceptors (Lipinski definition) is 2. The third-order valence-corrected chi connectivity index (χ3v) is 2.05. The van der Waals surface area contributed by atoms with Crippen LogP contribution in [0.25, 0.3) is 0 Å². The minimum Gasteiger partial charge on any atom is -1.00 e. The maximum absolute atomic E-state index is 10.7. The van der Waals surface area contributed by atoms with Gasteiger partial charge in [-0.2, -0.15) is 0 Å². The number of imidazole rings is 1. The van der Waals surface area contributed by atoms with E-state index >= 15 is 0 Å². The molecule has 1 aromatic heterocycles. The Morgan fingerprint density at radius 3 is 2.88 bits per heavy atom. The standard InChI is InChI=1S/C11H17N2O2.BrH/c1-3-11(14)15-9-5-4-6-13-8-7-12(2)10-13;/h3,7-8,10H,1,4-6,9H2,2H3;1H/q+1;/p-1. The van der Waals surface area contributed by atoms with Crippen molar-refractivity contribution in [2.45, 2.75) is 19.4 Å². The van der Waals surface area contributed by atoms with Crippen molar-refractivity contribution in [1.82, 2.24) is 4.57 Å². The number of aromatic nitrogens is 2. The summed E-state index contributed by atoms with van der Waals surface area (Å²) in [5, 5.41) is 0. The van der Waals surface area contributed by atoms with Gasteiger partial charge in [0.1, 0.15) is 12.4 Å². The van der Waals surface area contributed by atoms with Crippen LogP contribution in [0.15, 0.2) is 31.4 Å². The molecule has 0 unspecified atom stereocenters.